The molecule has 1 aliphatic heterocycles. The van der Waals surface area contributed by atoms with Gasteiger partial charge in [0.15, 0.2) is 9.84 Å². The molecule has 0 saturated carbocycles. The second-order valence-corrected chi connectivity index (χ2v) is 7.86. The van der Waals surface area contributed by atoms with Gasteiger partial charge >= 0.3 is 6.03 Å². The fourth-order valence-electron chi connectivity index (χ4n) is 2.38. The standard InChI is InChI=1S/C14H19FN2O4S/c1-9-13(4-5-22(9,20)21)17-14(19)16-7-10-2-3-11(8-18)12(15)6-10/h2-3,6,9,13,18H,4-5,7-8H2,1H3,(H2,16,17,19)/t9-,13-/m1/s1. The van der Waals surface area contributed by atoms with Crippen molar-refractivity contribution in [2.45, 2.75) is 37.8 Å². The zero-order valence-corrected chi connectivity index (χ0v) is 13.0. The van der Waals surface area contributed by atoms with Crippen LogP contribution in [-0.2, 0) is 23.0 Å². The van der Waals surface area contributed by atoms with Crippen molar-refractivity contribution in [2.75, 3.05) is 5.75 Å². The predicted molar refractivity (Wildman–Crippen MR) is 79.3 cm³/mol. The van der Waals surface area contributed by atoms with Gasteiger partial charge in [0.1, 0.15) is 5.82 Å². The first-order chi connectivity index (χ1) is 10.3. The van der Waals surface area contributed by atoms with Crippen LogP contribution >= 0.6 is 0 Å². The van der Waals surface area contributed by atoms with E-state index < -0.39 is 33.0 Å². The van der Waals surface area contributed by atoms with Crippen LogP contribution in [0.15, 0.2) is 18.2 Å². The summed E-state index contributed by atoms with van der Waals surface area (Å²) in [6, 6.07) is 3.42. The molecule has 0 bridgehead atoms. The molecule has 2 amide bonds. The highest BCUT2D eigenvalue weighted by Gasteiger charge is 2.37. The van der Waals surface area contributed by atoms with Gasteiger partial charge in [-0.15, -0.1) is 0 Å². The topological polar surface area (TPSA) is 95.5 Å². The van der Waals surface area contributed by atoms with E-state index in [0.29, 0.717) is 12.0 Å². The van der Waals surface area contributed by atoms with Crippen LogP contribution in [-0.4, -0.2) is 36.6 Å². The summed E-state index contributed by atoms with van der Waals surface area (Å²) in [5.74, 6) is -0.454. The molecule has 0 aromatic heterocycles. The molecule has 122 valence electrons. The fraction of sp³-hybridized carbons (Fsp3) is 0.500. The van der Waals surface area contributed by atoms with E-state index in [1.165, 1.54) is 12.1 Å². The van der Waals surface area contributed by atoms with Crippen molar-refractivity contribution in [1.29, 1.82) is 0 Å². The molecule has 8 heteroatoms. The van der Waals surface area contributed by atoms with Crippen molar-refractivity contribution in [3.63, 3.8) is 0 Å². The first-order valence-electron chi connectivity index (χ1n) is 6.97. The van der Waals surface area contributed by atoms with Crippen molar-refractivity contribution < 1.29 is 22.7 Å². The third kappa shape index (κ3) is 3.75. The number of benzene rings is 1. The summed E-state index contributed by atoms with van der Waals surface area (Å²) < 4.78 is 36.7. The summed E-state index contributed by atoms with van der Waals surface area (Å²) in [4.78, 5) is 11.8. The van der Waals surface area contributed by atoms with Crippen LogP contribution in [0.1, 0.15) is 24.5 Å². The molecule has 1 aromatic rings. The van der Waals surface area contributed by atoms with Gasteiger partial charge in [0.05, 0.1) is 17.6 Å². The molecule has 1 fully saturated rings. The minimum atomic E-state index is -3.12. The highest BCUT2D eigenvalue weighted by molar-refractivity contribution is 7.92. The van der Waals surface area contributed by atoms with Crippen LogP contribution in [0.3, 0.4) is 0 Å². The Hall–Kier alpha value is -1.67. The number of aliphatic hydroxyl groups excluding tert-OH is 1. The van der Waals surface area contributed by atoms with Crippen molar-refractivity contribution in [3.05, 3.63) is 35.1 Å². The first kappa shape index (κ1) is 16.7. The van der Waals surface area contributed by atoms with E-state index in [-0.39, 0.29) is 24.5 Å². The van der Waals surface area contributed by atoms with E-state index in [1.54, 1.807) is 13.0 Å². The maximum atomic E-state index is 13.5. The summed E-state index contributed by atoms with van der Waals surface area (Å²) in [7, 11) is -3.12. The number of urea groups is 1. The third-order valence-corrected chi connectivity index (χ3v) is 6.17. The van der Waals surface area contributed by atoms with Crippen molar-refractivity contribution >= 4 is 15.9 Å². The first-order valence-corrected chi connectivity index (χ1v) is 8.69. The summed E-state index contributed by atoms with van der Waals surface area (Å²) in [5, 5.41) is 13.5. The molecule has 6 nitrogen and oxygen atoms in total. The van der Waals surface area contributed by atoms with Gasteiger partial charge in [0, 0.05) is 18.2 Å². The maximum absolute atomic E-state index is 13.5. The lowest BCUT2D eigenvalue weighted by Crippen LogP contribution is -2.45. The van der Waals surface area contributed by atoms with E-state index in [9.17, 15) is 17.6 Å². The SMILES string of the molecule is C[C@@H]1[C@H](NC(=O)NCc2ccc(CO)c(F)c2)CCS1(=O)=O. The van der Waals surface area contributed by atoms with E-state index in [0.717, 1.165) is 0 Å². The summed E-state index contributed by atoms with van der Waals surface area (Å²) in [6.45, 7) is 1.31. The molecule has 0 spiro atoms. The quantitative estimate of drug-likeness (QED) is 0.757. The lowest BCUT2D eigenvalue weighted by Gasteiger charge is -2.16. The van der Waals surface area contributed by atoms with Gasteiger partial charge in [-0.25, -0.2) is 17.6 Å². The van der Waals surface area contributed by atoms with E-state index in [2.05, 4.69) is 10.6 Å². The highest BCUT2D eigenvalue weighted by atomic mass is 32.2. The molecule has 3 N–H and O–H groups in total. The summed E-state index contributed by atoms with van der Waals surface area (Å²) in [6.07, 6.45) is 0.400. The van der Waals surface area contributed by atoms with Crippen molar-refractivity contribution in [3.8, 4) is 0 Å². The lowest BCUT2D eigenvalue weighted by molar-refractivity contribution is 0.236. The van der Waals surface area contributed by atoms with Crippen molar-refractivity contribution in [1.82, 2.24) is 10.6 Å². The largest absolute Gasteiger partial charge is 0.392 e. The van der Waals surface area contributed by atoms with Gasteiger partial charge < -0.3 is 15.7 Å². The van der Waals surface area contributed by atoms with Gasteiger partial charge in [-0.2, -0.15) is 0 Å². The second kappa shape index (κ2) is 6.62. The molecular formula is C14H19FN2O4S. The number of rotatable bonds is 4. The Morgan fingerprint density at radius 1 is 1.45 bits per heavy atom. The van der Waals surface area contributed by atoms with Crippen molar-refractivity contribution in [2.24, 2.45) is 0 Å². The Balaban J connectivity index is 1.87. The van der Waals surface area contributed by atoms with E-state index in [4.69, 9.17) is 5.11 Å². The molecule has 1 saturated heterocycles. The minimum Gasteiger partial charge on any atom is -0.392 e. The van der Waals surface area contributed by atoms with Crippen LogP contribution in [0.2, 0.25) is 0 Å². The number of amides is 2. The van der Waals surface area contributed by atoms with Gasteiger partial charge in [-0.05, 0) is 25.0 Å². The second-order valence-electron chi connectivity index (χ2n) is 5.38. The number of hydrogen-bond acceptors (Lipinski definition) is 4. The molecule has 22 heavy (non-hydrogen) atoms. The zero-order chi connectivity index (χ0) is 16.3. The number of carbonyl (C=O) groups is 1. The number of hydrogen-bond donors (Lipinski definition) is 3. The summed E-state index contributed by atoms with van der Waals surface area (Å²) in [5.41, 5.74) is 0.745. The Labute approximate surface area is 128 Å². The van der Waals surface area contributed by atoms with Gasteiger partial charge in [0.25, 0.3) is 0 Å². The fourth-order valence-corrected chi connectivity index (χ4v) is 4.04. The zero-order valence-electron chi connectivity index (χ0n) is 12.2. The normalized spacial score (nSPS) is 23.2. The van der Waals surface area contributed by atoms with E-state index >= 15 is 0 Å². The third-order valence-electron chi connectivity index (χ3n) is 3.90. The predicted octanol–water partition coefficient (Wildman–Crippen LogP) is 0.693. The average molecular weight is 330 g/mol. The highest BCUT2D eigenvalue weighted by Crippen LogP contribution is 2.20. The van der Waals surface area contributed by atoms with Gasteiger partial charge in [-0.3, -0.25) is 0 Å². The molecule has 1 heterocycles. The Morgan fingerprint density at radius 2 is 2.18 bits per heavy atom. The number of sulfone groups is 1. The Bertz CT molecular complexity index is 663. The smallest absolute Gasteiger partial charge is 0.315 e. The Morgan fingerprint density at radius 3 is 2.73 bits per heavy atom. The number of halogens is 1. The average Bonchev–Trinajstić information content (AvgIpc) is 2.72. The van der Waals surface area contributed by atoms with Crippen LogP contribution in [0, 0.1) is 5.82 Å². The monoisotopic (exact) mass is 330 g/mol. The summed E-state index contributed by atoms with van der Waals surface area (Å²) >= 11 is 0. The van der Waals surface area contributed by atoms with Crippen LogP contribution in [0.5, 0.6) is 0 Å². The molecule has 2 atom stereocenters. The van der Waals surface area contributed by atoms with E-state index in [1.807, 2.05) is 0 Å². The Kier molecular flexibility index (Phi) is 5.02. The lowest BCUT2D eigenvalue weighted by atomic mass is 10.1. The number of nitrogens with one attached hydrogen (secondary N) is 2. The van der Waals surface area contributed by atoms with Gasteiger partial charge in [0.2, 0.25) is 0 Å². The molecule has 0 radical (unpaired) electrons. The minimum absolute atomic E-state index is 0.0763. The van der Waals surface area contributed by atoms with Gasteiger partial charge in [-0.1, -0.05) is 12.1 Å². The molecular weight excluding hydrogens is 311 g/mol. The number of carbonyl (C=O) groups excluding carboxylic acids is 1. The van der Waals surface area contributed by atoms with Crippen LogP contribution in [0.4, 0.5) is 9.18 Å². The number of aliphatic hydroxyl groups is 1. The maximum Gasteiger partial charge on any atom is 0.315 e. The molecule has 1 aliphatic rings. The molecule has 0 unspecified atom stereocenters. The molecule has 2 rings (SSSR count). The van der Waals surface area contributed by atoms with Crippen LogP contribution in [0.25, 0.3) is 0 Å². The molecule has 0 aliphatic carbocycles. The molecule has 1 aromatic carbocycles. The van der Waals surface area contributed by atoms with Crippen LogP contribution < -0.4 is 10.6 Å².